The second-order valence-electron chi connectivity index (χ2n) is 4.97. The number of primary amides is 1. The molecule has 1 fully saturated rings. The van der Waals surface area contributed by atoms with Gasteiger partial charge in [0.15, 0.2) is 0 Å². The summed E-state index contributed by atoms with van der Waals surface area (Å²) in [6.45, 7) is 2.61. The molecular formula is C11H17N5O2. The summed E-state index contributed by atoms with van der Waals surface area (Å²) in [6, 6.07) is 0. The molecular weight excluding hydrogens is 234 g/mol. The molecule has 0 aromatic carbocycles. The fourth-order valence-electron chi connectivity index (χ4n) is 2.12. The Morgan fingerprint density at radius 2 is 2.17 bits per heavy atom. The first-order chi connectivity index (χ1) is 8.35. The molecule has 7 heteroatoms. The van der Waals surface area contributed by atoms with Crippen LogP contribution >= 0.6 is 0 Å². The second kappa shape index (κ2) is 4.01. The first-order valence-electron chi connectivity index (χ1n) is 5.72. The fourth-order valence-corrected chi connectivity index (χ4v) is 2.12. The molecule has 0 bridgehead atoms. The van der Waals surface area contributed by atoms with Crippen LogP contribution in [-0.2, 0) is 11.8 Å². The number of rotatable bonds is 2. The summed E-state index contributed by atoms with van der Waals surface area (Å²) in [7, 11) is 1.67. The minimum atomic E-state index is -0.646. The van der Waals surface area contributed by atoms with Gasteiger partial charge in [-0.1, -0.05) is 0 Å². The zero-order valence-corrected chi connectivity index (χ0v) is 10.5. The Hall–Kier alpha value is -2.05. The van der Waals surface area contributed by atoms with Crippen LogP contribution in [0.25, 0.3) is 0 Å². The van der Waals surface area contributed by atoms with E-state index >= 15 is 0 Å². The summed E-state index contributed by atoms with van der Waals surface area (Å²) >= 11 is 0. The Morgan fingerprint density at radius 3 is 2.61 bits per heavy atom. The quantitative estimate of drug-likeness (QED) is 0.727. The Kier molecular flexibility index (Phi) is 2.76. The highest BCUT2D eigenvalue weighted by atomic mass is 16.2. The third-order valence-electron chi connectivity index (χ3n) is 3.57. The average Bonchev–Trinajstić information content (AvgIpc) is 2.85. The number of anilines is 1. The van der Waals surface area contributed by atoms with Crippen LogP contribution < -0.4 is 11.5 Å². The zero-order chi connectivity index (χ0) is 13.5. The number of nitrogens with zero attached hydrogens (tertiary/aromatic N) is 3. The van der Waals surface area contributed by atoms with Crippen LogP contribution in [0.2, 0.25) is 0 Å². The van der Waals surface area contributed by atoms with Crippen LogP contribution in [0.1, 0.15) is 23.7 Å². The number of amides is 2. The lowest BCUT2D eigenvalue weighted by molar-refractivity contribution is -0.126. The van der Waals surface area contributed by atoms with Gasteiger partial charge in [0.1, 0.15) is 11.4 Å². The normalized spacial score (nSPS) is 23.3. The Labute approximate surface area is 105 Å². The maximum absolute atomic E-state index is 12.2. The second-order valence-corrected chi connectivity index (χ2v) is 4.97. The Morgan fingerprint density at radius 1 is 1.50 bits per heavy atom. The Balaban J connectivity index is 2.18. The molecule has 1 aromatic heterocycles. The average molecular weight is 251 g/mol. The van der Waals surface area contributed by atoms with E-state index in [0.717, 1.165) is 0 Å². The van der Waals surface area contributed by atoms with Crippen molar-refractivity contribution in [3.63, 3.8) is 0 Å². The predicted octanol–water partition coefficient (Wildman–Crippen LogP) is -0.660. The first kappa shape index (κ1) is 12.4. The monoisotopic (exact) mass is 251 g/mol. The molecule has 2 heterocycles. The molecule has 2 rings (SSSR count). The van der Waals surface area contributed by atoms with Gasteiger partial charge in [-0.2, -0.15) is 5.10 Å². The number of aromatic nitrogens is 2. The van der Waals surface area contributed by atoms with Crippen LogP contribution in [-0.4, -0.2) is 39.6 Å². The highest BCUT2D eigenvalue weighted by Gasteiger charge is 2.41. The van der Waals surface area contributed by atoms with E-state index in [1.807, 2.05) is 0 Å². The highest BCUT2D eigenvalue weighted by molar-refractivity contribution is 5.99. The molecule has 98 valence electrons. The van der Waals surface area contributed by atoms with E-state index in [1.54, 1.807) is 18.9 Å². The zero-order valence-electron chi connectivity index (χ0n) is 10.5. The van der Waals surface area contributed by atoms with Gasteiger partial charge in [0.2, 0.25) is 5.91 Å². The van der Waals surface area contributed by atoms with Crippen LogP contribution in [0.3, 0.4) is 0 Å². The minimum absolute atomic E-state index is 0.203. The van der Waals surface area contributed by atoms with Crippen molar-refractivity contribution in [1.29, 1.82) is 0 Å². The molecule has 1 aliphatic heterocycles. The lowest BCUT2D eigenvalue weighted by Gasteiger charge is -2.20. The van der Waals surface area contributed by atoms with Crippen molar-refractivity contribution in [1.82, 2.24) is 14.7 Å². The molecule has 1 unspecified atom stereocenters. The lowest BCUT2D eigenvalue weighted by atomic mass is 9.89. The van der Waals surface area contributed by atoms with Crippen molar-refractivity contribution in [3.8, 4) is 0 Å². The van der Waals surface area contributed by atoms with E-state index < -0.39 is 5.41 Å². The molecule has 18 heavy (non-hydrogen) atoms. The van der Waals surface area contributed by atoms with E-state index in [2.05, 4.69) is 5.10 Å². The van der Waals surface area contributed by atoms with Crippen molar-refractivity contribution in [2.24, 2.45) is 18.2 Å². The number of hydrogen-bond donors (Lipinski definition) is 2. The van der Waals surface area contributed by atoms with Crippen LogP contribution in [0.15, 0.2) is 6.20 Å². The number of nitrogens with two attached hydrogens (primary N) is 2. The molecule has 1 aliphatic rings. The SMILES string of the molecule is Cn1ncc(C(=O)N2CCC(C)(C(N)=O)C2)c1N. The van der Waals surface area contributed by atoms with Gasteiger partial charge < -0.3 is 16.4 Å². The summed E-state index contributed by atoms with van der Waals surface area (Å²) in [4.78, 5) is 25.2. The smallest absolute Gasteiger partial charge is 0.259 e. The van der Waals surface area contributed by atoms with E-state index in [-0.39, 0.29) is 11.8 Å². The van der Waals surface area contributed by atoms with Crippen molar-refractivity contribution >= 4 is 17.6 Å². The predicted molar refractivity (Wildman–Crippen MR) is 65.4 cm³/mol. The van der Waals surface area contributed by atoms with Crippen molar-refractivity contribution in [3.05, 3.63) is 11.8 Å². The topological polar surface area (TPSA) is 107 Å². The first-order valence-corrected chi connectivity index (χ1v) is 5.72. The summed E-state index contributed by atoms with van der Waals surface area (Å²) in [5.74, 6) is -0.254. The van der Waals surface area contributed by atoms with Gasteiger partial charge in [0, 0.05) is 20.1 Å². The van der Waals surface area contributed by atoms with Crippen LogP contribution in [0.5, 0.6) is 0 Å². The van der Waals surface area contributed by atoms with Gasteiger partial charge in [-0.25, -0.2) is 0 Å². The highest BCUT2D eigenvalue weighted by Crippen LogP contribution is 2.30. The molecule has 1 saturated heterocycles. The maximum atomic E-state index is 12.2. The van der Waals surface area contributed by atoms with Gasteiger partial charge in [0.05, 0.1) is 11.6 Å². The summed E-state index contributed by atoms with van der Waals surface area (Å²) in [5.41, 5.74) is 10.8. The summed E-state index contributed by atoms with van der Waals surface area (Å²) < 4.78 is 1.44. The molecule has 7 nitrogen and oxygen atoms in total. The summed E-state index contributed by atoms with van der Waals surface area (Å²) in [6.07, 6.45) is 2.02. The molecule has 2 amide bonds. The number of nitrogen functional groups attached to an aromatic ring is 1. The summed E-state index contributed by atoms with van der Waals surface area (Å²) in [5, 5.41) is 3.93. The fraction of sp³-hybridized carbons (Fsp3) is 0.545. The largest absolute Gasteiger partial charge is 0.383 e. The number of hydrogen-bond acceptors (Lipinski definition) is 4. The number of likely N-dealkylation sites (tertiary alicyclic amines) is 1. The van der Waals surface area contributed by atoms with Crippen LogP contribution in [0.4, 0.5) is 5.82 Å². The minimum Gasteiger partial charge on any atom is -0.383 e. The molecule has 4 N–H and O–H groups in total. The van der Waals surface area contributed by atoms with E-state index in [0.29, 0.717) is 30.9 Å². The van der Waals surface area contributed by atoms with E-state index in [4.69, 9.17) is 11.5 Å². The maximum Gasteiger partial charge on any atom is 0.259 e. The standard InChI is InChI=1S/C11H17N5O2/c1-11(10(13)18)3-4-16(6-11)9(17)7-5-14-15(2)8(7)12/h5H,3-4,6,12H2,1-2H3,(H2,13,18). The number of carbonyl (C=O) groups excluding carboxylic acids is 2. The van der Waals surface area contributed by atoms with Gasteiger partial charge in [-0.15, -0.1) is 0 Å². The Bertz CT molecular complexity index is 510. The van der Waals surface area contributed by atoms with Crippen molar-refractivity contribution in [2.45, 2.75) is 13.3 Å². The van der Waals surface area contributed by atoms with Gasteiger partial charge in [0.25, 0.3) is 5.91 Å². The molecule has 0 radical (unpaired) electrons. The molecule has 1 aromatic rings. The van der Waals surface area contributed by atoms with E-state index in [1.165, 1.54) is 10.9 Å². The molecule has 0 spiro atoms. The third-order valence-corrected chi connectivity index (χ3v) is 3.57. The molecule has 0 saturated carbocycles. The van der Waals surface area contributed by atoms with E-state index in [9.17, 15) is 9.59 Å². The number of carbonyl (C=O) groups is 2. The molecule has 0 aliphatic carbocycles. The van der Waals surface area contributed by atoms with Crippen molar-refractivity contribution < 1.29 is 9.59 Å². The van der Waals surface area contributed by atoms with Gasteiger partial charge >= 0.3 is 0 Å². The molecule has 1 atom stereocenters. The lowest BCUT2D eigenvalue weighted by Crippen LogP contribution is -2.38. The van der Waals surface area contributed by atoms with Crippen molar-refractivity contribution in [2.75, 3.05) is 18.8 Å². The number of aryl methyl sites for hydroxylation is 1. The van der Waals surface area contributed by atoms with Crippen LogP contribution in [0, 0.1) is 5.41 Å². The third kappa shape index (κ3) is 1.81. The van der Waals surface area contributed by atoms with Gasteiger partial charge in [-0.05, 0) is 13.3 Å². The van der Waals surface area contributed by atoms with Gasteiger partial charge in [-0.3, -0.25) is 14.3 Å².